The molecule has 1 aromatic carbocycles. The van der Waals surface area contributed by atoms with E-state index in [-0.39, 0.29) is 57.9 Å². The first kappa shape index (κ1) is 24.4. The summed E-state index contributed by atoms with van der Waals surface area (Å²) in [6, 6.07) is 9.20. The van der Waals surface area contributed by atoms with Gasteiger partial charge in [-0.2, -0.15) is 0 Å². The summed E-state index contributed by atoms with van der Waals surface area (Å²) >= 11 is 0. The Morgan fingerprint density at radius 2 is 1.85 bits per heavy atom. The Kier molecular flexibility index (Phi) is 10.2. The van der Waals surface area contributed by atoms with Crippen LogP contribution >= 0.6 is 0 Å². The van der Waals surface area contributed by atoms with Crippen molar-refractivity contribution in [2.45, 2.75) is 20.0 Å². The van der Waals surface area contributed by atoms with Gasteiger partial charge in [0, 0.05) is 40.1 Å². The summed E-state index contributed by atoms with van der Waals surface area (Å²) in [5.74, 6) is -1.30. The summed E-state index contributed by atoms with van der Waals surface area (Å²) in [7, 11) is 1.24. The minimum Gasteiger partial charge on any atom is -0.491 e. The molecule has 2 aromatic rings. The Balaban J connectivity index is 0.00000338. The van der Waals surface area contributed by atoms with Crippen molar-refractivity contribution in [3.63, 3.8) is 0 Å². The van der Waals surface area contributed by atoms with Gasteiger partial charge in [-0.1, -0.05) is 30.3 Å². The van der Waals surface area contributed by atoms with E-state index in [1.54, 1.807) is 0 Å². The van der Waals surface area contributed by atoms with Gasteiger partial charge < -0.3 is 26.8 Å². The van der Waals surface area contributed by atoms with Crippen LogP contribution in [0.3, 0.4) is 0 Å². The van der Waals surface area contributed by atoms with Crippen molar-refractivity contribution in [1.82, 2.24) is 9.88 Å². The minimum absolute atomic E-state index is 0. The summed E-state index contributed by atoms with van der Waals surface area (Å²) in [6.07, 6.45) is 1.78. The molecule has 1 radical (unpaired) electrons. The number of benzene rings is 1. The Bertz CT molecular complexity index is 862. The minimum atomic E-state index is -0.694. The Morgan fingerprint density at radius 3 is 2.37 bits per heavy atom. The largest absolute Gasteiger partial charge is 0.491 e. The number of amides is 1. The molecule has 1 amide bonds. The van der Waals surface area contributed by atoms with Crippen molar-refractivity contribution in [3.05, 3.63) is 71.0 Å². The van der Waals surface area contributed by atoms with E-state index >= 15 is 0 Å². The SMILES string of the molecule is COc1c(C(C)=O)n(CC=O)cc(C(=O)NCc2ccccc2)c1=O.[CH3-].[Re]. The molecule has 1 N–H and O–H groups in total. The third-order valence-corrected chi connectivity index (χ3v) is 3.59. The normalized spacial score (nSPS) is 9.41. The van der Waals surface area contributed by atoms with Crippen LogP contribution in [0.25, 0.3) is 0 Å². The maximum absolute atomic E-state index is 12.5. The van der Waals surface area contributed by atoms with E-state index in [4.69, 9.17) is 4.74 Å². The maximum atomic E-state index is 12.5. The molecule has 0 unspecified atom stereocenters. The standard InChI is InChI=1S/C18H18N2O5.CH3.Re/c1-12(22)15-17(25-2)16(23)14(11-20(15)8-9-21)18(24)19-10-13-6-4-3-5-7-13;;/h3-7,9,11H,8,10H2,1-2H3,(H,19,24);1H3;/q;-1;. The fourth-order valence-corrected chi connectivity index (χ4v) is 2.45. The van der Waals surface area contributed by atoms with E-state index < -0.39 is 17.1 Å². The number of methoxy groups -OCH3 is 1. The molecule has 0 spiro atoms. The first-order chi connectivity index (χ1) is 12.0. The first-order valence-corrected chi connectivity index (χ1v) is 7.57. The van der Waals surface area contributed by atoms with E-state index in [0.29, 0.717) is 6.29 Å². The number of aldehydes is 1. The molecule has 0 bridgehead atoms. The number of nitrogens with one attached hydrogen (secondary N) is 1. The maximum Gasteiger partial charge on any atom is 0.257 e. The first-order valence-electron chi connectivity index (χ1n) is 7.57. The van der Waals surface area contributed by atoms with Crippen LogP contribution in [0.5, 0.6) is 5.75 Å². The van der Waals surface area contributed by atoms with Gasteiger partial charge in [-0.05, 0) is 5.56 Å². The van der Waals surface area contributed by atoms with Gasteiger partial charge in [-0.25, -0.2) is 0 Å². The van der Waals surface area contributed by atoms with E-state index in [0.717, 1.165) is 5.56 Å². The molecule has 0 fully saturated rings. The smallest absolute Gasteiger partial charge is 0.257 e. The number of carbonyl (C=O) groups excluding carboxylic acids is 3. The molecule has 145 valence electrons. The number of hydrogen-bond acceptors (Lipinski definition) is 5. The zero-order chi connectivity index (χ0) is 18.4. The Labute approximate surface area is 171 Å². The topological polar surface area (TPSA) is 94.5 Å². The quantitative estimate of drug-likeness (QED) is 0.326. The van der Waals surface area contributed by atoms with E-state index in [1.165, 1.54) is 24.8 Å². The van der Waals surface area contributed by atoms with Gasteiger partial charge >= 0.3 is 0 Å². The second-order valence-corrected chi connectivity index (χ2v) is 5.30. The third-order valence-electron chi connectivity index (χ3n) is 3.59. The summed E-state index contributed by atoms with van der Waals surface area (Å²) in [5, 5.41) is 2.64. The number of ketones is 1. The molecule has 0 aliphatic carbocycles. The molecule has 27 heavy (non-hydrogen) atoms. The predicted molar refractivity (Wildman–Crippen MR) is 97.3 cm³/mol. The van der Waals surface area contributed by atoms with Crippen molar-refractivity contribution >= 4 is 18.0 Å². The number of Topliss-reactive ketones (excluding diaryl/α,β-unsaturated/α-hetero) is 1. The molecule has 0 aliphatic heterocycles. The number of ether oxygens (including phenoxy) is 1. The molecule has 2 rings (SSSR count). The van der Waals surface area contributed by atoms with Crippen LogP contribution < -0.4 is 15.5 Å². The Hall–Kier alpha value is -2.56. The van der Waals surface area contributed by atoms with Gasteiger partial charge in [0.15, 0.2) is 11.5 Å². The van der Waals surface area contributed by atoms with E-state index in [9.17, 15) is 19.2 Å². The molecule has 0 saturated heterocycles. The third kappa shape index (κ3) is 5.71. The molecule has 0 aliphatic rings. The van der Waals surface area contributed by atoms with Gasteiger partial charge in [-0.15, -0.1) is 0 Å². The Morgan fingerprint density at radius 1 is 1.22 bits per heavy atom. The fourth-order valence-electron chi connectivity index (χ4n) is 2.45. The van der Waals surface area contributed by atoms with Crippen molar-refractivity contribution in [2.75, 3.05) is 7.11 Å². The van der Waals surface area contributed by atoms with Crippen LogP contribution in [-0.2, 0) is 38.3 Å². The van der Waals surface area contributed by atoms with Crippen molar-refractivity contribution in [3.8, 4) is 5.75 Å². The number of rotatable bonds is 7. The van der Waals surface area contributed by atoms with Crippen LogP contribution in [0.1, 0.15) is 33.3 Å². The van der Waals surface area contributed by atoms with Gasteiger partial charge in [-0.3, -0.25) is 14.4 Å². The van der Waals surface area contributed by atoms with E-state index in [2.05, 4.69) is 5.32 Å². The molecule has 1 heterocycles. The van der Waals surface area contributed by atoms with Gasteiger partial charge in [0.1, 0.15) is 17.5 Å². The molecule has 0 saturated carbocycles. The van der Waals surface area contributed by atoms with Crippen molar-refractivity contribution in [2.24, 2.45) is 0 Å². The second-order valence-electron chi connectivity index (χ2n) is 5.30. The zero-order valence-electron chi connectivity index (χ0n) is 15.3. The number of carbonyl (C=O) groups is 3. The van der Waals surface area contributed by atoms with E-state index in [1.807, 2.05) is 30.3 Å². The molecule has 8 heteroatoms. The molecular weight excluding hydrogens is 522 g/mol. The van der Waals surface area contributed by atoms with Crippen LogP contribution in [-0.4, -0.2) is 29.7 Å². The number of nitrogens with zero attached hydrogens (tertiary/aromatic N) is 1. The molecule has 1 aromatic heterocycles. The van der Waals surface area contributed by atoms with Crippen LogP contribution in [0.4, 0.5) is 0 Å². The molecule has 7 nitrogen and oxygen atoms in total. The van der Waals surface area contributed by atoms with Crippen molar-refractivity contribution < 1.29 is 39.5 Å². The van der Waals surface area contributed by atoms with Crippen LogP contribution in [0.2, 0.25) is 0 Å². The predicted octanol–water partition coefficient (Wildman–Crippen LogP) is 1.64. The number of hydrogen-bond donors (Lipinski definition) is 1. The number of pyridine rings is 1. The summed E-state index contributed by atoms with van der Waals surface area (Å²) in [5.41, 5.74) is -0.0596. The monoisotopic (exact) mass is 544 g/mol. The van der Waals surface area contributed by atoms with Crippen LogP contribution in [0, 0.1) is 7.43 Å². The summed E-state index contributed by atoms with van der Waals surface area (Å²) < 4.78 is 6.27. The average molecular weight is 544 g/mol. The van der Waals surface area contributed by atoms with Gasteiger partial charge in [0.05, 0.1) is 13.7 Å². The summed E-state index contributed by atoms with van der Waals surface area (Å²) in [4.78, 5) is 47.6. The molecular formula is C19H21N2O5Re-. The van der Waals surface area contributed by atoms with Crippen LogP contribution in [0.15, 0.2) is 41.3 Å². The second kappa shape index (κ2) is 11.2. The fraction of sp³-hybridized carbons (Fsp3) is 0.211. The molecule has 0 atom stereocenters. The van der Waals surface area contributed by atoms with Gasteiger partial charge in [0.25, 0.3) is 5.91 Å². The number of aromatic nitrogens is 1. The summed E-state index contributed by atoms with van der Waals surface area (Å²) in [6.45, 7) is 1.32. The van der Waals surface area contributed by atoms with Gasteiger partial charge in [0.2, 0.25) is 5.43 Å². The zero-order valence-corrected chi connectivity index (χ0v) is 18.0. The average Bonchev–Trinajstić information content (AvgIpc) is 2.61. The van der Waals surface area contributed by atoms with Crippen molar-refractivity contribution in [1.29, 1.82) is 0 Å².